The standard InChI is InChI=1S/C13H26N2O2/c14-11-13(7-3-1-2-4-8-13)12(17)15-9-5-6-10-16/h16H,1-11,14H2,(H,15,17). The third-order valence-corrected chi connectivity index (χ3v) is 3.80. The fraction of sp³-hybridized carbons (Fsp3) is 0.923. The largest absolute Gasteiger partial charge is 0.396 e. The lowest BCUT2D eigenvalue weighted by Gasteiger charge is -2.29. The molecule has 0 saturated heterocycles. The molecule has 0 bridgehead atoms. The lowest BCUT2D eigenvalue weighted by atomic mass is 9.79. The summed E-state index contributed by atoms with van der Waals surface area (Å²) in [6.45, 7) is 1.30. The summed E-state index contributed by atoms with van der Waals surface area (Å²) in [6.07, 6.45) is 8.10. The fourth-order valence-corrected chi connectivity index (χ4v) is 2.56. The Morgan fingerprint density at radius 2 is 1.82 bits per heavy atom. The van der Waals surface area contributed by atoms with E-state index in [0.717, 1.165) is 38.5 Å². The van der Waals surface area contributed by atoms with Gasteiger partial charge in [-0.15, -0.1) is 0 Å². The highest BCUT2D eigenvalue weighted by Gasteiger charge is 2.36. The maximum Gasteiger partial charge on any atom is 0.227 e. The van der Waals surface area contributed by atoms with Crippen molar-refractivity contribution in [3.05, 3.63) is 0 Å². The average Bonchev–Trinajstić information content (AvgIpc) is 2.60. The molecule has 1 rings (SSSR count). The maximum absolute atomic E-state index is 12.2. The van der Waals surface area contributed by atoms with Crippen LogP contribution in [0.3, 0.4) is 0 Å². The lowest BCUT2D eigenvalue weighted by molar-refractivity contribution is -0.131. The van der Waals surface area contributed by atoms with E-state index in [-0.39, 0.29) is 17.9 Å². The lowest BCUT2D eigenvalue weighted by Crippen LogP contribution is -2.46. The predicted octanol–water partition coefficient (Wildman–Crippen LogP) is 1.17. The Bertz CT molecular complexity index is 223. The molecule has 0 aromatic rings. The van der Waals surface area contributed by atoms with Crippen LogP contribution < -0.4 is 11.1 Å². The van der Waals surface area contributed by atoms with Crippen LogP contribution in [-0.4, -0.2) is 30.7 Å². The van der Waals surface area contributed by atoms with Gasteiger partial charge in [0.05, 0.1) is 5.41 Å². The molecule has 0 atom stereocenters. The van der Waals surface area contributed by atoms with Crippen molar-refractivity contribution in [3.8, 4) is 0 Å². The van der Waals surface area contributed by atoms with Gasteiger partial charge >= 0.3 is 0 Å². The van der Waals surface area contributed by atoms with Gasteiger partial charge in [-0.1, -0.05) is 25.7 Å². The number of aliphatic hydroxyl groups excluding tert-OH is 1. The van der Waals surface area contributed by atoms with Gasteiger partial charge in [0.2, 0.25) is 5.91 Å². The van der Waals surface area contributed by atoms with Gasteiger partial charge in [-0.25, -0.2) is 0 Å². The van der Waals surface area contributed by atoms with E-state index < -0.39 is 0 Å². The van der Waals surface area contributed by atoms with Crippen molar-refractivity contribution >= 4 is 5.91 Å². The van der Waals surface area contributed by atoms with Crippen molar-refractivity contribution < 1.29 is 9.90 Å². The summed E-state index contributed by atoms with van der Waals surface area (Å²) in [5.74, 6) is 0.125. The summed E-state index contributed by atoms with van der Waals surface area (Å²) >= 11 is 0. The van der Waals surface area contributed by atoms with Crippen LogP contribution in [0.15, 0.2) is 0 Å². The van der Waals surface area contributed by atoms with Crippen LogP contribution in [-0.2, 0) is 4.79 Å². The first-order valence-corrected chi connectivity index (χ1v) is 6.84. The molecule has 4 N–H and O–H groups in total. The number of nitrogens with one attached hydrogen (secondary N) is 1. The summed E-state index contributed by atoms with van der Waals surface area (Å²) in [6, 6.07) is 0. The van der Waals surface area contributed by atoms with Crippen LogP contribution in [0.25, 0.3) is 0 Å². The van der Waals surface area contributed by atoms with E-state index in [1.165, 1.54) is 12.8 Å². The monoisotopic (exact) mass is 242 g/mol. The zero-order chi connectivity index (χ0) is 12.6. The van der Waals surface area contributed by atoms with Gasteiger partial charge in [0.1, 0.15) is 0 Å². The van der Waals surface area contributed by atoms with Crippen molar-refractivity contribution in [2.45, 2.75) is 51.4 Å². The number of hydrogen-bond donors (Lipinski definition) is 3. The Kier molecular flexibility index (Phi) is 6.52. The number of nitrogens with two attached hydrogens (primary N) is 1. The Morgan fingerprint density at radius 3 is 2.35 bits per heavy atom. The number of carbonyl (C=O) groups excluding carboxylic acids is 1. The highest BCUT2D eigenvalue weighted by molar-refractivity contribution is 5.82. The summed E-state index contributed by atoms with van der Waals surface area (Å²) in [7, 11) is 0. The molecular formula is C13H26N2O2. The minimum absolute atomic E-state index is 0.125. The van der Waals surface area contributed by atoms with Gasteiger partial charge in [-0.2, -0.15) is 0 Å². The van der Waals surface area contributed by atoms with Gasteiger partial charge < -0.3 is 16.2 Å². The van der Waals surface area contributed by atoms with Crippen LogP contribution >= 0.6 is 0 Å². The molecule has 0 spiro atoms. The molecule has 0 aromatic carbocycles. The van der Waals surface area contributed by atoms with Crippen LogP contribution in [0, 0.1) is 5.41 Å². The third kappa shape index (κ3) is 4.28. The number of hydrogen-bond acceptors (Lipinski definition) is 3. The second kappa shape index (κ2) is 7.67. The third-order valence-electron chi connectivity index (χ3n) is 3.80. The van der Waals surface area contributed by atoms with E-state index in [0.29, 0.717) is 13.1 Å². The van der Waals surface area contributed by atoms with Crippen molar-refractivity contribution in [2.24, 2.45) is 11.1 Å². The van der Waals surface area contributed by atoms with E-state index in [2.05, 4.69) is 5.32 Å². The molecule has 0 heterocycles. The highest BCUT2D eigenvalue weighted by Crippen LogP contribution is 2.34. The van der Waals surface area contributed by atoms with Gasteiger partial charge in [0.15, 0.2) is 0 Å². The topological polar surface area (TPSA) is 75.4 Å². The molecule has 0 unspecified atom stereocenters. The average molecular weight is 242 g/mol. The number of rotatable bonds is 6. The normalized spacial score (nSPS) is 19.6. The highest BCUT2D eigenvalue weighted by atomic mass is 16.2. The minimum Gasteiger partial charge on any atom is -0.396 e. The summed E-state index contributed by atoms with van der Waals surface area (Å²) in [5.41, 5.74) is 5.51. The smallest absolute Gasteiger partial charge is 0.227 e. The Hall–Kier alpha value is -0.610. The van der Waals surface area contributed by atoms with Gasteiger partial charge in [0, 0.05) is 19.7 Å². The van der Waals surface area contributed by atoms with Crippen molar-refractivity contribution in [3.63, 3.8) is 0 Å². The molecule has 0 aromatic heterocycles. The quantitative estimate of drug-likeness (QED) is 0.483. The summed E-state index contributed by atoms with van der Waals surface area (Å²) in [5, 5.41) is 11.7. The van der Waals surface area contributed by atoms with E-state index >= 15 is 0 Å². The first kappa shape index (κ1) is 14.5. The van der Waals surface area contributed by atoms with Gasteiger partial charge in [-0.3, -0.25) is 4.79 Å². The number of amides is 1. The zero-order valence-electron chi connectivity index (χ0n) is 10.7. The van der Waals surface area contributed by atoms with Crippen LogP contribution in [0.1, 0.15) is 51.4 Å². The second-order valence-electron chi connectivity index (χ2n) is 5.09. The molecule has 4 heteroatoms. The van der Waals surface area contributed by atoms with Crippen LogP contribution in [0.4, 0.5) is 0 Å². The Labute approximate surface area is 104 Å². The minimum atomic E-state index is -0.324. The molecule has 0 radical (unpaired) electrons. The second-order valence-corrected chi connectivity index (χ2v) is 5.09. The van der Waals surface area contributed by atoms with Crippen molar-refractivity contribution in [1.82, 2.24) is 5.32 Å². The molecule has 0 aliphatic heterocycles. The molecule has 100 valence electrons. The number of carbonyl (C=O) groups is 1. The molecule has 1 aliphatic rings. The molecule has 1 amide bonds. The first-order valence-electron chi connectivity index (χ1n) is 6.84. The Balaban J connectivity index is 2.43. The van der Waals surface area contributed by atoms with Crippen molar-refractivity contribution in [1.29, 1.82) is 0 Å². The van der Waals surface area contributed by atoms with E-state index in [9.17, 15) is 4.79 Å². The molecule has 1 fully saturated rings. The molecule has 4 nitrogen and oxygen atoms in total. The van der Waals surface area contributed by atoms with Gasteiger partial charge in [0.25, 0.3) is 0 Å². The van der Waals surface area contributed by atoms with E-state index in [4.69, 9.17) is 10.8 Å². The van der Waals surface area contributed by atoms with Crippen molar-refractivity contribution in [2.75, 3.05) is 19.7 Å². The van der Waals surface area contributed by atoms with Crippen LogP contribution in [0.2, 0.25) is 0 Å². The molecular weight excluding hydrogens is 216 g/mol. The molecule has 17 heavy (non-hydrogen) atoms. The van der Waals surface area contributed by atoms with E-state index in [1.807, 2.05) is 0 Å². The number of aliphatic hydroxyl groups is 1. The summed E-state index contributed by atoms with van der Waals surface area (Å²) < 4.78 is 0. The predicted molar refractivity (Wildman–Crippen MR) is 68.5 cm³/mol. The Morgan fingerprint density at radius 1 is 1.18 bits per heavy atom. The zero-order valence-corrected chi connectivity index (χ0v) is 10.7. The number of unbranched alkanes of at least 4 members (excludes halogenated alkanes) is 1. The first-order chi connectivity index (χ1) is 8.25. The molecule has 1 saturated carbocycles. The molecule has 1 aliphatic carbocycles. The van der Waals surface area contributed by atoms with Crippen LogP contribution in [0.5, 0.6) is 0 Å². The van der Waals surface area contributed by atoms with E-state index in [1.54, 1.807) is 0 Å². The maximum atomic E-state index is 12.2. The fourth-order valence-electron chi connectivity index (χ4n) is 2.56. The van der Waals surface area contributed by atoms with Gasteiger partial charge in [-0.05, 0) is 25.7 Å². The SMILES string of the molecule is NCC1(C(=O)NCCCCO)CCCCCC1. The summed E-state index contributed by atoms with van der Waals surface area (Å²) in [4.78, 5) is 12.2.